The molecule has 1 unspecified atom stereocenters. The fourth-order valence-corrected chi connectivity index (χ4v) is 3.54. The Kier molecular flexibility index (Phi) is 6.23. The molecule has 0 aromatic heterocycles. The standard InChI is InChI=1S/C17H27N5OS/c1-2-16(19-22-13-24-17(18)20-22)23-15-8-6-7-14(11-15)12-21-9-4-3-5-10-21/h6-8,11,16,19H,2-5,9-10,12-13H2,1H3,(H2,18,20). The first-order chi connectivity index (χ1) is 11.7. The number of amidine groups is 1. The number of likely N-dealkylation sites (tertiary alicyclic amines) is 1. The van der Waals surface area contributed by atoms with E-state index in [1.165, 1.54) is 49.7 Å². The van der Waals surface area contributed by atoms with Crippen LogP contribution in [0.5, 0.6) is 5.75 Å². The molecule has 132 valence electrons. The van der Waals surface area contributed by atoms with Gasteiger partial charge in [0.25, 0.3) is 0 Å². The van der Waals surface area contributed by atoms with Crippen LogP contribution in [0.4, 0.5) is 0 Å². The van der Waals surface area contributed by atoms with E-state index in [4.69, 9.17) is 10.5 Å². The van der Waals surface area contributed by atoms with E-state index < -0.39 is 0 Å². The zero-order chi connectivity index (χ0) is 16.8. The first-order valence-electron chi connectivity index (χ1n) is 8.71. The zero-order valence-electron chi connectivity index (χ0n) is 14.3. The Morgan fingerprint density at radius 2 is 2.17 bits per heavy atom. The number of hydrazine groups is 1. The SMILES string of the molecule is CCC(NN1CSC(N)=N1)Oc1cccc(CN2CCCCC2)c1. The van der Waals surface area contributed by atoms with Crippen LogP contribution in [0.3, 0.4) is 0 Å². The molecule has 2 heterocycles. The van der Waals surface area contributed by atoms with Gasteiger partial charge >= 0.3 is 0 Å². The molecule has 1 saturated heterocycles. The molecule has 6 nitrogen and oxygen atoms in total. The zero-order valence-corrected chi connectivity index (χ0v) is 15.1. The van der Waals surface area contributed by atoms with Gasteiger partial charge in [-0.15, -0.1) is 5.10 Å². The van der Waals surface area contributed by atoms with Crippen molar-refractivity contribution in [2.75, 3.05) is 19.0 Å². The fraction of sp³-hybridized carbons (Fsp3) is 0.588. The van der Waals surface area contributed by atoms with Crippen molar-refractivity contribution in [1.82, 2.24) is 15.4 Å². The van der Waals surface area contributed by atoms with Crippen molar-refractivity contribution in [2.45, 2.75) is 45.4 Å². The Hall–Kier alpha value is -1.44. The number of benzene rings is 1. The molecule has 3 rings (SSSR count). The highest BCUT2D eigenvalue weighted by Gasteiger charge is 2.17. The average Bonchev–Trinajstić information content (AvgIpc) is 3.00. The molecule has 3 N–H and O–H groups in total. The molecule has 0 bridgehead atoms. The highest BCUT2D eigenvalue weighted by Crippen LogP contribution is 2.19. The van der Waals surface area contributed by atoms with E-state index in [0.29, 0.717) is 11.0 Å². The Labute approximate surface area is 148 Å². The summed E-state index contributed by atoms with van der Waals surface area (Å²) in [6.07, 6.45) is 4.72. The van der Waals surface area contributed by atoms with Crippen LogP contribution in [0.1, 0.15) is 38.2 Å². The highest BCUT2D eigenvalue weighted by molar-refractivity contribution is 8.13. The molecule has 0 amide bonds. The maximum Gasteiger partial charge on any atom is 0.181 e. The van der Waals surface area contributed by atoms with Crippen molar-refractivity contribution in [1.29, 1.82) is 0 Å². The lowest BCUT2D eigenvalue weighted by atomic mass is 10.1. The lowest BCUT2D eigenvalue weighted by molar-refractivity contribution is 0.0657. The third kappa shape index (κ3) is 5.03. The Morgan fingerprint density at radius 3 is 2.88 bits per heavy atom. The number of piperidine rings is 1. The summed E-state index contributed by atoms with van der Waals surface area (Å²) in [4.78, 5) is 2.52. The lowest BCUT2D eigenvalue weighted by Crippen LogP contribution is -2.43. The number of nitrogens with two attached hydrogens (primary N) is 1. The third-order valence-electron chi connectivity index (χ3n) is 4.25. The second-order valence-electron chi connectivity index (χ2n) is 6.24. The molecule has 1 fully saturated rings. The molecule has 0 aliphatic carbocycles. The summed E-state index contributed by atoms with van der Waals surface area (Å²) in [5, 5.41) is 6.53. The molecule has 7 heteroatoms. The predicted molar refractivity (Wildman–Crippen MR) is 99.3 cm³/mol. The minimum Gasteiger partial charge on any atom is -0.474 e. The van der Waals surface area contributed by atoms with Crippen LogP contribution in [-0.4, -0.2) is 40.4 Å². The quantitative estimate of drug-likeness (QED) is 0.738. The van der Waals surface area contributed by atoms with Crippen LogP contribution in [-0.2, 0) is 6.54 Å². The topological polar surface area (TPSA) is 66.1 Å². The van der Waals surface area contributed by atoms with Crippen LogP contribution >= 0.6 is 11.8 Å². The maximum absolute atomic E-state index is 6.10. The van der Waals surface area contributed by atoms with Gasteiger partial charge in [0.15, 0.2) is 11.4 Å². The molecule has 0 radical (unpaired) electrons. The van der Waals surface area contributed by atoms with Gasteiger partial charge in [-0.05, 0) is 50.0 Å². The summed E-state index contributed by atoms with van der Waals surface area (Å²) in [7, 11) is 0. The van der Waals surface area contributed by atoms with Gasteiger partial charge in [-0.3, -0.25) is 4.90 Å². The van der Waals surface area contributed by atoms with Crippen LogP contribution in [0.2, 0.25) is 0 Å². The second-order valence-corrected chi connectivity index (χ2v) is 7.20. The minimum atomic E-state index is -0.120. The third-order valence-corrected chi connectivity index (χ3v) is 5.00. The summed E-state index contributed by atoms with van der Waals surface area (Å²) in [6, 6.07) is 8.41. The van der Waals surface area contributed by atoms with Crippen molar-refractivity contribution in [3.8, 4) is 5.75 Å². The number of rotatable bonds is 7. The van der Waals surface area contributed by atoms with E-state index in [9.17, 15) is 0 Å². The van der Waals surface area contributed by atoms with Gasteiger partial charge in [-0.2, -0.15) is 5.43 Å². The number of ether oxygens (including phenoxy) is 1. The molecule has 1 aromatic rings. The number of nitrogens with zero attached hydrogens (tertiary/aromatic N) is 3. The van der Waals surface area contributed by atoms with Gasteiger partial charge in [-0.25, -0.2) is 5.12 Å². The maximum atomic E-state index is 6.10. The minimum absolute atomic E-state index is 0.120. The largest absolute Gasteiger partial charge is 0.474 e. The van der Waals surface area contributed by atoms with E-state index in [0.717, 1.165) is 18.7 Å². The number of hydrogen-bond donors (Lipinski definition) is 2. The van der Waals surface area contributed by atoms with Gasteiger partial charge in [0.2, 0.25) is 0 Å². The Balaban J connectivity index is 1.56. The number of nitrogens with one attached hydrogen (secondary N) is 1. The van der Waals surface area contributed by atoms with Gasteiger partial charge in [0, 0.05) is 6.54 Å². The molecular weight excluding hydrogens is 322 g/mol. The van der Waals surface area contributed by atoms with E-state index in [-0.39, 0.29) is 6.23 Å². The molecule has 2 aliphatic rings. The number of hydrazone groups is 1. The van der Waals surface area contributed by atoms with Gasteiger partial charge < -0.3 is 10.5 Å². The predicted octanol–water partition coefficient (Wildman–Crippen LogP) is 2.53. The van der Waals surface area contributed by atoms with Gasteiger partial charge in [0.05, 0.1) is 0 Å². The summed E-state index contributed by atoms with van der Waals surface area (Å²) in [6.45, 7) is 5.50. The monoisotopic (exact) mass is 349 g/mol. The molecule has 1 aromatic carbocycles. The van der Waals surface area contributed by atoms with E-state index in [1.807, 2.05) is 6.07 Å². The summed E-state index contributed by atoms with van der Waals surface area (Å²) in [5.41, 5.74) is 10.3. The smallest absolute Gasteiger partial charge is 0.181 e. The van der Waals surface area contributed by atoms with Crippen molar-refractivity contribution in [3.05, 3.63) is 29.8 Å². The van der Waals surface area contributed by atoms with E-state index in [2.05, 4.69) is 40.5 Å². The summed E-state index contributed by atoms with van der Waals surface area (Å²) >= 11 is 1.52. The number of thioether (sulfide) groups is 1. The summed E-state index contributed by atoms with van der Waals surface area (Å²) < 4.78 is 6.10. The second kappa shape index (κ2) is 8.60. The molecular formula is C17H27N5OS. The molecule has 1 atom stereocenters. The van der Waals surface area contributed by atoms with Gasteiger partial charge in [-0.1, -0.05) is 37.2 Å². The van der Waals surface area contributed by atoms with Crippen molar-refractivity contribution >= 4 is 16.9 Å². The fourth-order valence-electron chi connectivity index (χ4n) is 2.99. The normalized spacial score (nSPS) is 20.0. The highest BCUT2D eigenvalue weighted by atomic mass is 32.2. The van der Waals surface area contributed by atoms with Gasteiger partial charge in [0.1, 0.15) is 11.6 Å². The molecule has 0 saturated carbocycles. The Morgan fingerprint density at radius 1 is 1.33 bits per heavy atom. The molecule has 2 aliphatic heterocycles. The summed E-state index contributed by atoms with van der Waals surface area (Å²) in [5.74, 6) is 1.61. The van der Waals surface area contributed by atoms with Crippen molar-refractivity contribution < 1.29 is 4.74 Å². The van der Waals surface area contributed by atoms with Crippen LogP contribution in [0.25, 0.3) is 0 Å². The lowest BCUT2D eigenvalue weighted by Gasteiger charge is -2.27. The van der Waals surface area contributed by atoms with E-state index >= 15 is 0 Å². The molecule has 0 spiro atoms. The Bertz CT molecular complexity index is 562. The first-order valence-corrected chi connectivity index (χ1v) is 9.70. The van der Waals surface area contributed by atoms with Crippen LogP contribution in [0, 0.1) is 0 Å². The average molecular weight is 350 g/mol. The van der Waals surface area contributed by atoms with Crippen LogP contribution in [0.15, 0.2) is 29.4 Å². The van der Waals surface area contributed by atoms with E-state index in [1.54, 1.807) is 5.12 Å². The molecule has 24 heavy (non-hydrogen) atoms. The van der Waals surface area contributed by atoms with Crippen LogP contribution < -0.4 is 15.9 Å². The van der Waals surface area contributed by atoms with Crippen molar-refractivity contribution in [3.63, 3.8) is 0 Å². The van der Waals surface area contributed by atoms with Crippen molar-refractivity contribution in [2.24, 2.45) is 10.8 Å². The first kappa shape index (κ1) is 17.4. The number of hydrogen-bond acceptors (Lipinski definition) is 7.